The molecule has 2 N–H and O–H groups in total. The van der Waals surface area contributed by atoms with Crippen molar-refractivity contribution in [2.24, 2.45) is 11.7 Å². The first kappa shape index (κ1) is 27.1. The summed E-state index contributed by atoms with van der Waals surface area (Å²) in [6, 6.07) is 1.06. The highest BCUT2D eigenvalue weighted by Gasteiger charge is 2.31. The van der Waals surface area contributed by atoms with E-state index in [0.717, 1.165) is 64.1 Å². The number of carbonyl (C=O) groups excluding carboxylic acids is 2. The first-order valence-corrected chi connectivity index (χ1v) is 15.2. The minimum Gasteiger partial charge on any atom is -0.414 e. The fraction of sp³-hybridized carbons (Fsp3) is 0.913. The van der Waals surface area contributed by atoms with Crippen LogP contribution < -0.4 is 5.73 Å². The number of hydrogen-bond acceptors (Lipinski definition) is 4. The van der Waals surface area contributed by atoms with Crippen LogP contribution in [0.15, 0.2) is 0 Å². The Hall–Kier alpha value is -0.923. The molecule has 2 unspecified atom stereocenters. The van der Waals surface area contributed by atoms with Crippen LogP contribution in [-0.4, -0.2) is 62.3 Å². The van der Waals surface area contributed by atoms with Gasteiger partial charge in [0.15, 0.2) is 8.32 Å². The molecule has 2 atom stereocenters. The summed E-state index contributed by atoms with van der Waals surface area (Å²) in [6.07, 6.45) is 8.36. The Morgan fingerprint density at radius 3 is 2.37 bits per heavy atom. The summed E-state index contributed by atoms with van der Waals surface area (Å²) in [5.74, 6) is 0.142. The molecule has 1 aliphatic rings. The lowest BCUT2D eigenvalue weighted by Crippen LogP contribution is -2.46. The zero-order valence-electron chi connectivity index (χ0n) is 20.4. The van der Waals surface area contributed by atoms with Crippen molar-refractivity contribution >= 4 is 20.1 Å². The van der Waals surface area contributed by atoms with E-state index < -0.39 is 8.32 Å². The topological polar surface area (TPSA) is 75.9 Å². The number of rotatable bonds is 15. The average molecular weight is 442 g/mol. The van der Waals surface area contributed by atoms with Crippen molar-refractivity contribution in [1.29, 1.82) is 0 Å². The molecule has 0 aliphatic carbocycles. The van der Waals surface area contributed by atoms with Crippen LogP contribution >= 0.6 is 0 Å². The Kier molecular flexibility index (Phi) is 12.2. The number of hydrogen-bond donors (Lipinski definition) is 1. The first-order chi connectivity index (χ1) is 14.1. The average Bonchev–Trinajstić information content (AvgIpc) is 3.11. The highest BCUT2D eigenvalue weighted by atomic mass is 28.4. The van der Waals surface area contributed by atoms with E-state index >= 15 is 0 Å². The third kappa shape index (κ3) is 9.06. The van der Waals surface area contributed by atoms with E-state index in [1.54, 1.807) is 4.90 Å². The van der Waals surface area contributed by atoms with Crippen LogP contribution in [0.4, 0.5) is 0 Å². The van der Waals surface area contributed by atoms with E-state index in [4.69, 9.17) is 10.2 Å². The molecular weight excluding hydrogens is 394 g/mol. The summed E-state index contributed by atoms with van der Waals surface area (Å²) in [6.45, 7) is 12.5. The molecule has 0 bridgehead atoms. The van der Waals surface area contributed by atoms with Crippen molar-refractivity contribution in [2.75, 3.05) is 20.1 Å². The molecule has 0 saturated carbocycles. The molecule has 0 aromatic heterocycles. The second kappa shape index (κ2) is 13.5. The third-order valence-corrected chi connectivity index (χ3v) is 8.76. The van der Waals surface area contributed by atoms with Crippen molar-refractivity contribution in [3.63, 3.8) is 0 Å². The van der Waals surface area contributed by atoms with Gasteiger partial charge < -0.3 is 20.0 Å². The molecule has 1 rings (SSSR count). The zero-order valence-corrected chi connectivity index (χ0v) is 21.4. The predicted molar refractivity (Wildman–Crippen MR) is 127 cm³/mol. The summed E-state index contributed by atoms with van der Waals surface area (Å²) in [7, 11) is 0.161. The van der Waals surface area contributed by atoms with Gasteiger partial charge >= 0.3 is 0 Å². The number of carbonyl (C=O) groups is 2. The van der Waals surface area contributed by atoms with Gasteiger partial charge in [-0.15, -0.1) is 0 Å². The highest BCUT2D eigenvalue weighted by Crippen LogP contribution is 2.22. The fourth-order valence-corrected chi connectivity index (χ4v) is 6.73. The van der Waals surface area contributed by atoms with Gasteiger partial charge in [-0.25, -0.2) is 0 Å². The quantitative estimate of drug-likeness (QED) is 0.383. The zero-order chi connectivity index (χ0) is 22.7. The minimum atomic E-state index is -1.73. The summed E-state index contributed by atoms with van der Waals surface area (Å²) in [5.41, 5.74) is 6.26. The Morgan fingerprint density at radius 1 is 1.23 bits per heavy atom. The standard InChI is InChI=1S/C23H47N3O3Si/c1-7-12-20(13-8-2)29-30(5,6)17-11-15-25(4)23(28)19(9-3)18-21(24)26-16-10-14-22(26)27/h19-21H,7-18,24H2,1-6H3. The van der Waals surface area contributed by atoms with Crippen LogP contribution in [0.1, 0.15) is 78.6 Å². The van der Waals surface area contributed by atoms with E-state index in [9.17, 15) is 9.59 Å². The molecule has 1 fully saturated rings. The molecular formula is C23H47N3O3Si. The third-order valence-electron chi connectivity index (χ3n) is 6.23. The van der Waals surface area contributed by atoms with Crippen LogP contribution in [0, 0.1) is 5.92 Å². The van der Waals surface area contributed by atoms with E-state index in [1.165, 1.54) is 0 Å². The molecule has 6 nitrogen and oxygen atoms in total. The monoisotopic (exact) mass is 441 g/mol. The Bertz CT molecular complexity index is 524. The van der Waals surface area contributed by atoms with Crippen molar-refractivity contribution in [3.8, 4) is 0 Å². The second-order valence-corrected chi connectivity index (χ2v) is 13.8. The minimum absolute atomic E-state index is 0.120. The van der Waals surface area contributed by atoms with Crippen LogP contribution in [0.2, 0.25) is 19.1 Å². The van der Waals surface area contributed by atoms with Gasteiger partial charge in [0.25, 0.3) is 0 Å². The van der Waals surface area contributed by atoms with Gasteiger partial charge in [-0.1, -0.05) is 33.6 Å². The van der Waals surface area contributed by atoms with E-state index in [1.807, 2.05) is 18.9 Å². The molecule has 176 valence electrons. The van der Waals surface area contributed by atoms with E-state index in [2.05, 4.69) is 26.9 Å². The van der Waals surface area contributed by atoms with Crippen LogP contribution in [0.5, 0.6) is 0 Å². The Labute approximate surface area is 186 Å². The summed E-state index contributed by atoms with van der Waals surface area (Å²) < 4.78 is 6.53. The first-order valence-electron chi connectivity index (χ1n) is 12.1. The molecule has 0 aromatic carbocycles. The number of nitrogens with zero attached hydrogens (tertiary/aromatic N) is 2. The van der Waals surface area contributed by atoms with Crippen molar-refractivity contribution in [3.05, 3.63) is 0 Å². The van der Waals surface area contributed by atoms with Crippen molar-refractivity contribution in [2.45, 2.75) is 110 Å². The number of amides is 2. The van der Waals surface area contributed by atoms with Gasteiger partial charge in [-0.05, 0) is 57.7 Å². The highest BCUT2D eigenvalue weighted by molar-refractivity contribution is 6.71. The van der Waals surface area contributed by atoms with Crippen molar-refractivity contribution in [1.82, 2.24) is 9.80 Å². The molecule has 1 saturated heterocycles. The van der Waals surface area contributed by atoms with Crippen molar-refractivity contribution < 1.29 is 14.0 Å². The molecule has 0 aromatic rings. The Balaban J connectivity index is 2.48. The van der Waals surface area contributed by atoms with Gasteiger partial charge in [0, 0.05) is 38.6 Å². The number of nitrogens with two attached hydrogens (primary N) is 1. The Morgan fingerprint density at radius 2 is 1.87 bits per heavy atom. The molecule has 0 spiro atoms. The van der Waals surface area contributed by atoms with E-state index in [-0.39, 0.29) is 23.9 Å². The predicted octanol–water partition coefficient (Wildman–Crippen LogP) is 4.35. The van der Waals surface area contributed by atoms with Crippen LogP contribution in [0.25, 0.3) is 0 Å². The maximum atomic E-state index is 13.0. The molecule has 1 aliphatic heterocycles. The SMILES string of the molecule is CCCC(CCC)O[Si](C)(C)CCCN(C)C(=O)C(CC)CC(N)N1CCCC1=O. The van der Waals surface area contributed by atoms with Crippen LogP contribution in [-0.2, 0) is 14.0 Å². The van der Waals surface area contributed by atoms with Gasteiger partial charge in [0.2, 0.25) is 11.8 Å². The molecule has 2 amide bonds. The van der Waals surface area contributed by atoms with Gasteiger partial charge in [0.1, 0.15) is 0 Å². The van der Waals surface area contributed by atoms with Gasteiger partial charge in [-0.3, -0.25) is 9.59 Å². The maximum absolute atomic E-state index is 13.0. The van der Waals surface area contributed by atoms with Gasteiger partial charge in [0.05, 0.1) is 6.17 Å². The summed E-state index contributed by atoms with van der Waals surface area (Å²) in [5, 5.41) is 0. The summed E-state index contributed by atoms with van der Waals surface area (Å²) in [4.78, 5) is 28.5. The molecule has 7 heteroatoms. The maximum Gasteiger partial charge on any atom is 0.225 e. The lowest BCUT2D eigenvalue weighted by molar-refractivity contribution is -0.137. The van der Waals surface area contributed by atoms with Crippen LogP contribution in [0.3, 0.4) is 0 Å². The van der Waals surface area contributed by atoms with E-state index in [0.29, 0.717) is 18.9 Å². The smallest absolute Gasteiger partial charge is 0.225 e. The fourth-order valence-electron chi connectivity index (χ4n) is 4.46. The molecule has 30 heavy (non-hydrogen) atoms. The normalized spacial score (nSPS) is 16.9. The number of likely N-dealkylation sites (tertiary alicyclic amines) is 1. The summed E-state index contributed by atoms with van der Waals surface area (Å²) >= 11 is 0. The lowest BCUT2D eigenvalue weighted by atomic mass is 9.98. The lowest BCUT2D eigenvalue weighted by Gasteiger charge is -2.31. The largest absolute Gasteiger partial charge is 0.414 e. The molecule has 0 radical (unpaired) electrons. The molecule has 1 heterocycles. The second-order valence-electron chi connectivity index (χ2n) is 9.54. The van der Waals surface area contributed by atoms with Gasteiger partial charge in [-0.2, -0.15) is 0 Å².